The van der Waals surface area contributed by atoms with E-state index in [0.717, 1.165) is 9.15 Å². The second-order valence-electron chi connectivity index (χ2n) is 3.58. The maximum atomic E-state index is 12.5. The molecule has 5 nitrogen and oxygen atoms in total. The lowest BCUT2D eigenvalue weighted by molar-refractivity contribution is 0.400. The second kappa shape index (κ2) is 4.99. The Morgan fingerprint density at radius 2 is 2.22 bits per heavy atom. The van der Waals surface area contributed by atoms with Crippen molar-refractivity contribution < 1.29 is 8.78 Å². The van der Waals surface area contributed by atoms with Gasteiger partial charge < -0.3 is 5.73 Å². The van der Waals surface area contributed by atoms with Crippen LogP contribution in [-0.2, 0) is 6.54 Å². The number of nitrogens with zero attached hydrogens (tertiary/aromatic N) is 3. The highest BCUT2D eigenvalue weighted by Crippen LogP contribution is 2.11. The highest BCUT2D eigenvalue weighted by atomic mass is 79.9. The molecule has 8 heteroatoms. The van der Waals surface area contributed by atoms with E-state index in [-0.39, 0.29) is 18.7 Å². The third-order valence-corrected chi connectivity index (χ3v) is 2.89. The van der Waals surface area contributed by atoms with Crippen molar-refractivity contribution in [2.45, 2.75) is 6.54 Å². The van der Waals surface area contributed by atoms with Gasteiger partial charge >= 0.3 is 5.69 Å². The van der Waals surface area contributed by atoms with Crippen LogP contribution >= 0.6 is 15.9 Å². The predicted octanol–water partition coefficient (Wildman–Crippen LogP) is 1.37. The summed E-state index contributed by atoms with van der Waals surface area (Å²) in [5, 5.41) is 3.96. The monoisotopic (exact) mass is 318 g/mol. The van der Waals surface area contributed by atoms with Gasteiger partial charge in [-0.1, -0.05) is 15.9 Å². The van der Waals surface area contributed by atoms with E-state index in [1.165, 1.54) is 10.6 Å². The van der Waals surface area contributed by atoms with E-state index in [9.17, 15) is 13.6 Å². The van der Waals surface area contributed by atoms with Crippen molar-refractivity contribution in [2.75, 3.05) is 6.54 Å². The Morgan fingerprint density at radius 1 is 1.50 bits per heavy atom. The highest BCUT2D eigenvalue weighted by molar-refractivity contribution is 9.10. The molecule has 0 aliphatic heterocycles. The van der Waals surface area contributed by atoms with E-state index in [1.54, 1.807) is 12.1 Å². The summed E-state index contributed by atoms with van der Waals surface area (Å²) in [4.78, 5) is 11.9. The average Bonchev–Trinajstić information content (AvgIpc) is 2.62. The fraction of sp³-hybridized carbons (Fsp3) is 0.200. The molecule has 2 aromatic heterocycles. The molecule has 2 rings (SSSR count). The molecular weight excluding hydrogens is 310 g/mol. The summed E-state index contributed by atoms with van der Waals surface area (Å²) in [5.74, 6) is 0. The zero-order chi connectivity index (χ0) is 13.3. The number of hydrogen-bond acceptors (Lipinski definition) is 3. The van der Waals surface area contributed by atoms with Crippen molar-refractivity contribution in [2.24, 2.45) is 5.73 Å². The molecule has 0 spiro atoms. The van der Waals surface area contributed by atoms with Crippen LogP contribution in [-0.4, -0.2) is 20.7 Å². The van der Waals surface area contributed by atoms with Gasteiger partial charge in [0.25, 0.3) is 6.08 Å². The van der Waals surface area contributed by atoms with E-state index >= 15 is 0 Å². The highest BCUT2D eigenvalue weighted by Gasteiger charge is 2.11. The molecule has 0 fully saturated rings. The lowest BCUT2D eigenvalue weighted by Crippen LogP contribution is -2.24. The van der Waals surface area contributed by atoms with E-state index in [0.29, 0.717) is 5.65 Å². The molecule has 0 aliphatic carbocycles. The molecule has 18 heavy (non-hydrogen) atoms. The van der Waals surface area contributed by atoms with Crippen LogP contribution in [0.4, 0.5) is 8.78 Å². The first-order chi connectivity index (χ1) is 8.52. The summed E-state index contributed by atoms with van der Waals surface area (Å²) in [6.07, 6.45) is -0.356. The number of nitrogens with two attached hydrogens (primary N) is 1. The summed E-state index contributed by atoms with van der Waals surface area (Å²) in [5.41, 5.74) is 4.79. The van der Waals surface area contributed by atoms with Crippen LogP contribution in [0.1, 0.15) is 0 Å². The molecule has 0 bridgehead atoms. The summed E-state index contributed by atoms with van der Waals surface area (Å²) in [6, 6.07) is 3.28. The minimum Gasteiger partial charge on any atom is -0.327 e. The van der Waals surface area contributed by atoms with Gasteiger partial charge in [-0.05, 0) is 12.1 Å². The van der Waals surface area contributed by atoms with Crippen LogP contribution in [0.25, 0.3) is 5.65 Å². The maximum absolute atomic E-state index is 12.5. The smallest absolute Gasteiger partial charge is 0.327 e. The van der Waals surface area contributed by atoms with Gasteiger partial charge in [-0.2, -0.15) is 8.78 Å². The minimum atomic E-state index is -1.87. The van der Waals surface area contributed by atoms with E-state index in [1.807, 2.05) is 0 Å². The number of rotatable bonds is 3. The van der Waals surface area contributed by atoms with Crippen molar-refractivity contribution >= 4 is 21.6 Å². The molecule has 0 atom stereocenters. The average molecular weight is 319 g/mol. The lowest BCUT2D eigenvalue weighted by atomic mass is 10.3. The number of halogens is 3. The molecule has 0 aromatic carbocycles. The quantitative estimate of drug-likeness (QED) is 0.929. The summed E-state index contributed by atoms with van der Waals surface area (Å²) in [7, 11) is 0. The normalized spacial score (nSPS) is 10.9. The van der Waals surface area contributed by atoms with Gasteiger partial charge in [-0.3, -0.25) is 4.40 Å². The molecule has 0 unspecified atom stereocenters. The van der Waals surface area contributed by atoms with E-state index in [4.69, 9.17) is 5.73 Å². The largest absolute Gasteiger partial charge is 0.350 e. The molecule has 2 N–H and O–H groups in total. The molecule has 2 heterocycles. The van der Waals surface area contributed by atoms with Crippen molar-refractivity contribution in [3.8, 4) is 0 Å². The zero-order valence-electron chi connectivity index (χ0n) is 9.11. The lowest BCUT2D eigenvalue weighted by Gasteiger charge is -2.01. The first-order valence-electron chi connectivity index (χ1n) is 5.00. The van der Waals surface area contributed by atoms with Crippen molar-refractivity contribution in [1.82, 2.24) is 14.2 Å². The Bertz CT molecular complexity index is 672. The number of aromatic nitrogens is 3. The third kappa shape index (κ3) is 2.34. The summed E-state index contributed by atoms with van der Waals surface area (Å²) >= 11 is 3.24. The molecule has 0 saturated heterocycles. The zero-order valence-corrected chi connectivity index (χ0v) is 10.7. The Morgan fingerprint density at radius 3 is 2.83 bits per heavy atom. The number of fused-ring (bicyclic) bond motifs is 1. The fourth-order valence-electron chi connectivity index (χ4n) is 1.48. The molecule has 0 aliphatic rings. The van der Waals surface area contributed by atoms with Crippen LogP contribution in [0.5, 0.6) is 0 Å². The summed E-state index contributed by atoms with van der Waals surface area (Å²) < 4.78 is 27.9. The van der Waals surface area contributed by atoms with E-state index in [2.05, 4.69) is 21.0 Å². The van der Waals surface area contributed by atoms with Crippen LogP contribution in [0.15, 0.2) is 39.3 Å². The molecule has 96 valence electrons. The molecular formula is C10H9BrF2N4O. The van der Waals surface area contributed by atoms with Gasteiger partial charge in [0.05, 0.1) is 6.54 Å². The molecule has 0 radical (unpaired) electrons. The van der Waals surface area contributed by atoms with Gasteiger partial charge in [0.1, 0.15) is 0 Å². The predicted molar refractivity (Wildman–Crippen MR) is 65.4 cm³/mol. The molecule has 0 saturated carbocycles. The van der Waals surface area contributed by atoms with Gasteiger partial charge in [0.15, 0.2) is 5.65 Å². The fourth-order valence-corrected chi connectivity index (χ4v) is 1.80. The third-order valence-electron chi connectivity index (χ3n) is 2.40. The SMILES string of the molecule is NCC(Cn1nc2cc(Br)ccn2c1=O)=C(F)F. The first kappa shape index (κ1) is 12.9. The van der Waals surface area contributed by atoms with Crippen molar-refractivity contribution in [1.29, 1.82) is 0 Å². The second-order valence-corrected chi connectivity index (χ2v) is 4.50. The van der Waals surface area contributed by atoms with Crippen LogP contribution in [0.3, 0.4) is 0 Å². The number of hydrogen-bond donors (Lipinski definition) is 1. The van der Waals surface area contributed by atoms with Gasteiger partial charge in [-0.25, -0.2) is 9.48 Å². The van der Waals surface area contributed by atoms with Crippen molar-refractivity contribution in [3.63, 3.8) is 0 Å². The Hall–Kier alpha value is -1.54. The van der Waals surface area contributed by atoms with Crippen LogP contribution in [0.2, 0.25) is 0 Å². The van der Waals surface area contributed by atoms with Crippen LogP contribution < -0.4 is 11.4 Å². The minimum absolute atomic E-state index is 0.306. The van der Waals surface area contributed by atoms with E-state index < -0.39 is 11.8 Å². The maximum Gasteiger partial charge on any atom is 0.350 e. The standard InChI is InChI=1S/C10H9BrF2N4O/c11-7-1-2-16-8(3-7)15-17(10(16)18)5-6(4-14)9(12)13/h1-3H,4-5,14H2. The topological polar surface area (TPSA) is 65.3 Å². The van der Waals surface area contributed by atoms with Crippen molar-refractivity contribution in [3.05, 3.63) is 44.9 Å². The first-order valence-corrected chi connectivity index (χ1v) is 5.80. The number of pyridine rings is 1. The van der Waals surface area contributed by atoms with Gasteiger partial charge in [0, 0.05) is 22.8 Å². The molecule has 2 aromatic rings. The van der Waals surface area contributed by atoms with Gasteiger partial charge in [-0.15, -0.1) is 5.10 Å². The Balaban J connectivity index is 2.50. The molecule has 0 amide bonds. The Kier molecular flexibility index (Phi) is 3.58. The van der Waals surface area contributed by atoms with Crippen LogP contribution in [0, 0.1) is 0 Å². The Labute approximate surface area is 109 Å². The summed E-state index contributed by atoms with van der Waals surface area (Å²) in [6.45, 7) is -0.622. The van der Waals surface area contributed by atoms with Gasteiger partial charge in [0.2, 0.25) is 0 Å².